The summed E-state index contributed by atoms with van der Waals surface area (Å²) in [7, 11) is 0. The third-order valence-electron chi connectivity index (χ3n) is 4.26. The summed E-state index contributed by atoms with van der Waals surface area (Å²) in [5, 5.41) is 1.18. The second-order valence-electron chi connectivity index (χ2n) is 6.00. The summed E-state index contributed by atoms with van der Waals surface area (Å²) in [5.74, 6) is -0.521. The molecule has 0 aliphatic carbocycles. The molecule has 6 heteroatoms. The topological polar surface area (TPSA) is 56.3 Å². The second-order valence-corrected chi connectivity index (χ2v) is 7.43. The predicted octanol–water partition coefficient (Wildman–Crippen LogP) is 5.37. The zero-order valence-electron chi connectivity index (χ0n) is 14.1. The van der Waals surface area contributed by atoms with E-state index in [1.54, 1.807) is 36.5 Å². The molecule has 0 spiro atoms. The summed E-state index contributed by atoms with van der Waals surface area (Å²) in [6, 6.07) is 18.0. The number of cyclic esters (lactones) is 1. The number of carbonyl (C=O) groups excluding carboxylic acids is 2. The van der Waals surface area contributed by atoms with Crippen molar-refractivity contribution >= 4 is 35.1 Å². The highest BCUT2D eigenvalue weighted by molar-refractivity contribution is 7.99. The Morgan fingerprint density at radius 3 is 2.70 bits per heavy atom. The third-order valence-corrected chi connectivity index (χ3v) is 5.80. The highest BCUT2D eigenvalue weighted by atomic mass is 35.5. The molecule has 0 N–H and O–H groups in total. The lowest BCUT2D eigenvalue weighted by molar-refractivity contribution is 0.0367. The van der Waals surface area contributed by atoms with Crippen LogP contribution < -0.4 is 0 Å². The lowest BCUT2D eigenvalue weighted by atomic mass is 9.99. The molecule has 1 aliphatic rings. The fourth-order valence-corrected chi connectivity index (χ4v) is 4.14. The Morgan fingerprint density at radius 1 is 1.07 bits per heavy atom. The van der Waals surface area contributed by atoms with Crippen LogP contribution >= 0.6 is 23.4 Å². The van der Waals surface area contributed by atoms with E-state index < -0.39 is 6.10 Å². The van der Waals surface area contributed by atoms with E-state index in [0.29, 0.717) is 21.2 Å². The number of ketones is 1. The van der Waals surface area contributed by atoms with Crippen molar-refractivity contribution in [2.24, 2.45) is 0 Å². The van der Waals surface area contributed by atoms with Crippen molar-refractivity contribution in [3.63, 3.8) is 0 Å². The first-order valence-corrected chi connectivity index (χ1v) is 9.53. The number of fused-ring (bicyclic) bond motifs is 1. The Morgan fingerprint density at radius 2 is 1.85 bits per heavy atom. The lowest BCUT2D eigenvalue weighted by Crippen LogP contribution is -2.09. The van der Waals surface area contributed by atoms with Gasteiger partial charge in [-0.1, -0.05) is 53.7 Å². The van der Waals surface area contributed by atoms with Gasteiger partial charge in [0.1, 0.15) is 11.1 Å². The van der Waals surface area contributed by atoms with Crippen molar-refractivity contribution in [1.82, 2.24) is 4.98 Å². The summed E-state index contributed by atoms with van der Waals surface area (Å²) in [5.41, 5.74) is 1.76. The van der Waals surface area contributed by atoms with Gasteiger partial charge in [0, 0.05) is 16.7 Å². The summed E-state index contributed by atoms with van der Waals surface area (Å²) in [4.78, 5) is 30.1. The molecule has 1 aliphatic heterocycles. The van der Waals surface area contributed by atoms with Gasteiger partial charge in [0.05, 0.1) is 22.6 Å². The highest BCUT2D eigenvalue weighted by Gasteiger charge is 2.32. The van der Waals surface area contributed by atoms with E-state index in [1.165, 1.54) is 11.8 Å². The normalized spacial score (nSPS) is 15.3. The fourth-order valence-electron chi connectivity index (χ4n) is 2.97. The number of pyridine rings is 1. The van der Waals surface area contributed by atoms with Crippen molar-refractivity contribution < 1.29 is 14.3 Å². The number of rotatable bonds is 5. The molecule has 1 aromatic heterocycles. The zero-order valence-corrected chi connectivity index (χ0v) is 15.7. The maximum absolute atomic E-state index is 12.9. The molecule has 0 amide bonds. The Hall–Kier alpha value is -2.63. The van der Waals surface area contributed by atoms with Crippen molar-refractivity contribution in [2.75, 3.05) is 0 Å². The van der Waals surface area contributed by atoms with E-state index >= 15 is 0 Å². The number of benzene rings is 2. The molecular formula is C21H14ClNO3S. The van der Waals surface area contributed by atoms with E-state index in [-0.39, 0.29) is 18.2 Å². The minimum absolute atomic E-state index is 0.0739. The van der Waals surface area contributed by atoms with Crippen LogP contribution in [0, 0.1) is 0 Å². The molecule has 0 fully saturated rings. The monoisotopic (exact) mass is 395 g/mol. The Labute approximate surface area is 165 Å². The fraction of sp³-hybridized carbons (Fsp3) is 0.0952. The van der Waals surface area contributed by atoms with Gasteiger partial charge in [-0.05, 0) is 30.3 Å². The SMILES string of the molecule is O=C1OC(CC(=O)c2cccnc2Sc2ccccc2Cl)c2ccccc21. The average Bonchev–Trinajstić information content (AvgIpc) is 3.00. The number of esters is 1. The van der Waals surface area contributed by atoms with Crippen molar-refractivity contribution in [2.45, 2.75) is 22.4 Å². The maximum atomic E-state index is 12.9. The predicted molar refractivity (Wildman–Crippen MR) is 103 cm³/mol. The number of Topliss-reactive ketones (excluding diaryl/α,β-unsaturated/α-hetero) is 1. The molecule has 1 unspecified atom stereocenters. The Bertz CT molecular complexity index is 1040. The number of nitrogens with zero attached hydrogens (tertiary/aromatic N) is 1. The minimum atomic E-state index is -0.570. The van der Waals surface area contributed by atoms with Gasteiger partial charge < -0.3 is 4.74 Å². The third kappa shape index (κ3) is 3.61. The van der Waals surface area contributed by atoms with Gasteiger partial charge in [0.25, 0.3) is 0 Å². The standard InChI is InChI=1S/C21H14ClNO3S/c22-16-9-3-4-10-19(16)27-20-15(8-5-11-23-20)17(24)12-18-13-6-1-2-7-14(13)21(25)26-18/h1-11,18H,12H2. The van der Waals surface area contributed by atoms with Gasteiger partial charge in [-0.2, -0.15) is 0 Å². The van der Waals surface area contributed by atoms with Crippen molar-refractivity contribution in [1.29, 1.82) is 0 Å². The molecule has 0 bridgehead atoms. The molecular weight excluding hydrogens is 382 g/mol. The average molecular weight is 396 g/mol. The molecule has 2 heterocycles. The second kappa shape index (κ2) is 7.55. The van der Waals surface area contributed by atoms with Crippen LogP contribution in [-0.2, 0) is 4.74 Å². The highest BCUT2D eigenvalue weighted by Crippen LogP contribution is 2.37. The van der Waals surface area contributed by atoms with Crippen LogP contribution in [0.3, 0.4) is 0 Å². The van der Waals surface area contributed by atoms with Crippen molar-refractivity contribution in [3.05, 3.63) is 88.6 Å². The molecule has 27 heavy (non-hydrogen) atoms. The van der Waals surface area contributed by atoms with Gasteiger partial charge in [-0.25, -0.2) is 9.78 Å². The molecule has 4 rings (SSSR count). The molecule has 4 nitrogen and oxygen atoms in total. The van der Waals surface area contributed by atoms with Gasteiger partial charge >= 0.3 is 5.97 Å². The van der Waals surface area contributed by atoms with Gasteiger partial charge in [-0.3, -0.25) is 4.79 Å². The maximum Gasteiger partial charge on any atom is 0.339 e. The van der Waals surface area contributed by atoms with Crippen LogP contribution in [0.1, 0.15) is 38.8 Å². The molecule has 0 saturated heterocycles. The van der Waals surface area contributed by atoms with E-state index in [0.717, 1.165) is 10.5 Å². The number of hydrogen-bond acceptors (Lipinski definition) is 5. The van der Waals surface area contributed by atoms with Crippen LogP contribution in [0.5, 0.6) is 0 Å². The van der Waals surface area contributed by atoms with Gasteiger partial charge in [0.15, 0.2) is 5.78 Å². The molecule has 0 saturated carbocycles. The van der Waals surface area contributed by atoms with Gasteiger partial charge in [-0.15, -0.1) is 0 Å². The van der Waals surface area contributed by atoms with E-state index in [2.05, 4.69) is 4.98 Å². The van der Waals surface area contributed by atoms with Crippen LogP contribution in [0.4, 0.5) is 0 Å². The van der Waals surface area contributed by atoms with Crippen LogP contribution in [0.15, 0.2) is 76.8 Å². The molecule has 1 atom stereocenters. The number of ether oxygens (including phenoxy) is 1. The van der Waals surface area contributed by atoms with E-state index in [1.807, 2.05) is 30.3 Å². The molecule has 2 aromatic carbocycles. The summed E-state index contributed by atoms with van der Waals surface area (Å²) >= 11 is 7.57. The quantitative estimate of drug-likeness (QED) is 0.429. The largest absolute Gasteiger partial charge is 0.453 e. The first-order valence-electron chi connectivity index (χ1n) is 8.34. The van der Waals surface area contributed by atoms with E-state index in [9.17, 15) is 9.59 Å². The molecule has 134 valence electrons. The van der Waals surface area contributed by atoms with Crippen LogP contribution in [0.25, 0.3) is 0 Å². The lowest BCUT2D eigenvalue weighted by Gasteiger charge is -2.12. The molecule has 3 aromatic rings. The Kier molecular flexibility index (Phi) is 4.97. The first-order chi connectivity index (χ1) is 13.1. The zero-order chi connectivity index (χ0) is 18.8. The first kappa shape index (κ1) is 17.8. The van der Waals surface area contributed by atoms with E-state index in [4.69, 9.17) is 16.3 Å². The summed E-state index contributed by atoms with van der Waals surface area (Å²) in [6.07, 6.45) is 1.14. The number of hydrogen-bond donors (Lipinski definition) is 0. The summed E-state index contributed by atoms with van der Waals surface area (Å²) in [6.45, 7) is 0. The van der Waals surface area contributed by atoms with Crippen molar-refractivity contribution in [3.8, 4) is 0 Å². The Balaban J connectivity index is 1.59. The summed E-state index contributed by atoms with van der Waals surface area (Å²) < 4.78 is 5.39. The van der Waals surface area contributed by atoms with Crippen LogP contribution in [0.2, 0.25) is 5.02 Å². The molecule has 0 radical (unpaired) electrons. The number of aromatic nitrogens is 1. The number of carbonyl (C=O) groups is 2. The minimum Gasteiger partial charge on any atom is -0.453 e. The number of halogens is 1. The smallest absolute Gasteiger partial charge is 0.339 e. The van der Waals surface area contributed by atoms with Crippen LogP contribution in [-0.4, -0.2) is 16.7 Å². The van der Waals surface area contributed by atoms with Gasteiger partial charge in [0.2, 0.25) is 0 Å².